The Morgan fingerprint density at radius 1 is 1.14 bits per heavy atom. The third-order valence-corrected chi connectivity index (χ3v) is 3.50. The normalized spacial score (nSPS) is 10.5. The number of nitrogens with two attached hydrogens (primary N) is 1. The van der Waals surface area contributed by atoms with E-state index in [4.69, 9.17) is 18.0 Å². The van der Waals surface area contributed by atoms with Crippen molar-refractivity contribution >= 4 is 17.2 Å². The summed E-state index contributed by atoms with van der Waals surface area (Å²) in [5.74, 6) is 0.657. The van der Waals surface area contributed by atoms with Gasteiger partial charge in [-0.2, -0.15) is 5.10 Å². The van der Waals surface area contributed by atoms with Crippen molar-refractivity contribution in [1.29, 1.82) is 0 Å². The van der Waals surface area contributed by atoms with Gasteiger partial charge in [-0.25, -0.2) is 9.67 Å². The summed E-state index contributed by atoms with van der Waals surface area (Å²) in [6.07, 6.45) is 5.47. The van der Waals surface area contributed by atoms with Gasteiger partial charge in [0.2, 0.25) is 0 Å². The molecule has 104 valence electrons. The quantitative estimate of drug-likeness (QED) is 0.755. The van der Waals surface area contributed by atoms with Gasteiger partial charge in [-0.1, -0.05) is 42.5 Å². The van der Waals surface area contributed by atoms with Crippen molar-refractivity contribution in [2.45, 2.75) is 6.92 Å². The molecule has 1 aromatic carbocycles. The third kappa shape index (κ3) is 2.55. The Labute approximate surface area is 128 Å². The van der Waals surface area contributed by atoms with Crippen molar-refractivity contribution in [1.82, 2.24) is 14.8 Å². The van der Waals surface area contributed by atoms with Crippen LogP contribution in [0, 0.1) is 6.92 Å². The summed E-state index contributed by atoms with van der Waals surface area (Å²) in [5.41, 5.74) is 9.70. The van der Waals surface area contributed by atoms with Gasteiger partial charge in [0, 0.05) is 18.0 Å². The first-order valence-electron chi connectivity index (χ1n) is 6.52. The predicted molar refractivity (Wildman–Crippen MR) is 87.4 cm³/mol. The molecule has 3 rings (SSSR count). The summed E-state index contributed by atoms with van der Waals surface area (Å²) in [5, 5.41) is 4.39. The van der Waals surface area contributed by atoms with E-state index in [-0.39, 0.29) is 0 Å². The molecule has 0 saturated carbocycles. The minimum Gasteiger partial charge on any atom is -0.389 e. The molecule has 0 unspecified atom stereocenters. The van der Waals surface area contributed by atoms with E-state index in [0.717, 1.165) is 22.3 Å². The molecule has 2 aromatic heterocycles. The lowest BCUT2D eigenvalue weighted by atomic mass is 10.1. The second kappa shape index (κ2) is 5.46. The lowest BCUT2D eigenvalue weighted by Gasteiger charge is -2.09. The summed E-state index contributed by atoms with van der Waals surface area (Å²) >= 11 is 5.13. The van der Waals surface area contributed by atoms with E-state index in [1.807, 2.05) is 55.7 Å². The number of benzene rings is 1. The molecular weight excluding hydrogens is 280 g/mol. The van der Waals surface area contributed by atoms with Crippen molar-refractivity contribution in [2.75, 3.05) is 0 Å². The number of rotatable bonds is 3. The van der Waals surface area contributed by atoms with Crippen molar-refractivity contribution in [3.63, 3.8) is 0 Å². The molecule has 0 atom stereocenters. The van der Waals surface area contributed by atoms with Gasteiger partial charge in [0.1, 0.15) is 4.99 Å². The van der Waals surface area contributed by atoms with E-state index in [1.54, 1.807) is 10.9 Å². The number of thiocarbonyl (C=S) groups is 1. The lowest BCUT2D eigenvalue weighted by Crippen LogP contribution is -2.16. The van der Waals surface area contributed by atoms with Crippen LogP contribution in [-0.4, -0.2) is 19.8 Å². The van der Waals surface area contributed by atoms with E-state index in [9.17, 15) is 0 Å². The van der Waals surface area contributed by atoms with Crippen LogP contribution in [0.5, 0.6) is 0 Å². The first-order valence-corrected chi connectivity index (χ1v) is 6.93. The van der Waals surface area contributed by atoms with Gasteiger partial charge >= 0.3 is 0 Å². The van der Waals surface area contributed by atoms with Crippen LogP contribution in [-0.2, 0) is 0 Å². The molecule has 2 heterocycles. The zero-order valence-electron chi connectivity index (χ0n) is 11.5. The number of hydrogen-bond donors (Lipinski definition) is 1. The summed E-state index contributed by atoms with van der Waals surface area (Å²) in [6.45, 7) is 1.96. The fourth-order valence-corrected chi connectivity index (χ4v) is 2.49. The minimum absolute atomic E-state index is 0.326. The number of pyridine rings is 1. The second-order valence-corrected chi connectivity index (χ2v) is 5.17. The van der Waals surface area contributed by atoms with E-state index in [2.05, 4.69) is 10.1 Å². The molecule has 0 aliphatic heterocycles. The largest absolute Gasteiger partial charge is 0.389 e. The molecular formula is C16H14N4S. The van der Waals surface area contributed by atoms with Crippen LogP contribution in [0.15, 0.2) is 55.0 Å². The molecule has 0 amide bonds. The van der Waals surface area contributed by atoms with E-state index in [0.29, 0.717) is 10.8 Å². The fourth-order valence-electron chi connectivity index (χ4n) is 2.24. The van der Waals surface area contributed by atoms with Crippen LogP contribution in [0.3, 0.4) is 0 Å². The maximum atomic E-state index is 5.82. The van der Waals surface area contributed by atoms with Gasteiger partial charge in [-0.3, -0.25) is 0 Å². The number of aryl methyl sites for hydroxylation is 1. The van der Waals surface area contributed by atoms with Gasteiger partial charge in [0.15, 0.2) is 5.82 Å². The van der Waals surface area contributed by atoms with E-state index in [1.165, 1.54) is 0 Å². The predicted octanol–water partition coefficient (Wildman–Crippen LogP) is 2.88. The van der Waals surface area contributed by atoms with E-state index < -0.39 is 0 Å². The molecule has 0 saturated heterocycles. The van der Waals surface area contributed by atoms with Crippen LogP contribution in [0.2, 0.25) is 0 Å². The zero-order chi connectivity index (χ0) is 14.8. The molecule has 2 N–H and O–H groups in total. The monoisotopic (exact) mass is 294 g/mol. The highest BCUT2D eigenvalue weighted by atomic mass is 32.1. The summed E-state index contributed by atoms with van der Waals surface area (Å²) in [6, 6.07) is 12.0. The Bertz CT molecular complexity index is 793. The first-order chi connectivity index (χ1) is 10.2. The Morgan fingerprint density at radius 2 is 1.90 bits per heavy atom. The summed E-state index contributed by atoms with van der Waals surface area (Å²) < 4.78 is 1.71. The highest BCUT2D eigenvalue weighted by Gasteiger charge is 2.13. The maximum Gasteiger partial charge on any atom is 0.163 e. The van der Waals surface area contributed by atoms with Crippen LogP contribution in [0.25, 0.3) is 16.9 Å². The number of hydrogen-bond acceptors (Lipinski definition) is 3. The Morgan fingerprint density at radius 3 is 2.62 bits per heavy atom. The molecule has 0 aliphatic carbocycles. The van der Waals surface area contributed by atoms with Crippen molar-refractivity contribution in [3.8, 4) is 16.9 Å². The maximum absolute atomic E-state index is 5.82. The average molecular weight is 294 g/mol. The van der Waals surface area contributed by atoms with Crippen LogP contribution in [0.4, 0.5) is 0 Å². The van der Waals surface area contributed by atoms with Crippen molar-refractivity contribution in [2.24, 2.45) is 5.73 Å². The smallest absolute Gasteiger partial charge is 0.163 e. The molecule has 21 heavy (non-hydrogen) atoms. The van der Waals surface area contributed by atoms with Crippen LogP contribution in [0.1, 0.15) is 11.1 Å². The molecule has 0 radical (unpaired) electrons. The average Bonchev–Trinajstić information content (AvgIpc) is 2.97. The standard InChI is InChI=1S/C16H14N4S/c1-11-7-8-18-16(14(11)15(17)21)20-10-13(9-19-20)12-5-3-2-4-6-12/h2-10H,1H3,(H2,17,21). The highest BCUT2D eigenvalue weighted by molar-refractivity contribution is 7.80. The third-order valence-electron chi connectivity index (χ3n) is 3.29. The Hall–Kier alpha value is -2.53. The van der Waals surface area contributed by atoms with Gasteiger partial charge in [-0.05, 0) is 24.1 Å². The minimum atomic E-state index is 0.326. The van der Waals surface area contributed by atoms with Gasteiger partial charge in [0.25, 0.3) is 0 Å². The van der Waals surface area contributed by atoms with Crippen molar-refractivity contribution in [3.05, 3.63) is 66.1 Å². The number of nitrogens with zero attached hydrogens (tertiary/aromatic N) is 3. The van der Waals surface area contributed by atoms with Gasteiger partial charge in [0.05, 0.1) is 11.8 Å². The zero-order valence-corrected chi connectivity index (χ0v) is 12.3. The summed E-state index contributed by atoms with van der Waals surface area (Å²) in [7, 11) is 0. The topological polar surface area (TPSA) is 56.7 Å². The Kier molecular flexibility index (Phi) is 3.50. The highest BCUT2D eigenvalue weighted by Crippen LogP contribution is 2.21. The molecule has 0 spiro atoms. The number of aromatic nitrogens is 3. The summed E-state index contributed by atoms with van der Waals surface area (Å²) in [4.78, 5) is 4.70. The van der Waals surface area contributed by atoms with Gasteiger partial charge in [-0.15, -0.1) is 0 Å². The molecule has 0 bridgehead atoms. The first kappa shape index (κ1) is 13.5. The van der Waals surface area contributed by atoms with Crippen LogP contribution < -0.4 is 5.73 Å². The fraction of sp³-hybridized carbons (Fsp3) is 0.0625. The molecule has 0 fully saturated rings. The molecule has 5 heteroatoms. The Balaban J connectivity index is 2.09. The molecule has 4 nitrogen and oxygen atoms in total. The van der Waals surface area contributed by atoms with Crippen molar-refractivity contribution < 1.29 is 0 Å². The molecule has 3 aromatic rings. The SMILES string of the molecule is Cc1ccnc(-n2cc(-c3ccccc3)cn2)c1C(N)=S. The van der Waals surface area contributed by atoms with Gasteiger partial charge < -0.3 is 5.73 Å². The van der Waals surface area contributed by atoms with Crippen LogP contribution >= 0.6 is 12.2 Å². The lowest BCUT2D eigenvalue weighted by molar-refractivity contribution is 0.842. The van der Waals surface area contributed by atoms with E-state index >= 15 is 0 Å². The molecule has 0 aliphatic rings. The second-order valence-electron chi connectivity index (χ2n) is 4.73.